The van der Waals surface area contributed by atoms with Gasteiger partial charge < -0.3 is 5.32 Å². The molecule has 0 spiro atoms. The molecule has 27 heavy (non-hydrogen) atoms. The summed E-state index contributed by atoms with van der Waals surface area (Å²) in [7, 11) is 1.43. The summed E-state index contributed by atoms with van der Waals surface area (Å²) in [6.45, 7) is 0. The van der Waals surface area contributed by atoms with Gasteiger partial charge in [0.1, 0.15) is 0 Å². The molecule has 1 amide bonds. The minimum absolute atomic E-state index is 0.0645. The third-order valence-electron chi connectivity index (χ3n) is 7.22. The quantitative estimate of drug-likeness (QED) is 0.708. The van der Waals surface area contributed by atoms with Crippen LogP contribution >= 0.6 is 0 Å². The van der Waals surface area contributed by atoms with Gasteiger partial charge in [0.2, 0.25) is 0 Å². The third-order valence-corrected chi connectivity index (χ3v) is 7.22. The lowest BCUT2D eigenvalue weighted by Crippen LogP contribution is -2.45. The fraction of sp³-hybridized carbons (Fsp3) is 0.682. The van der Waals surface area contributed by atoms with Crippen molar-refractivity contribution in [2.75, 3.05) is 7.05 Å². The van der Waals surface area contributed by atoms with Gasteiger partial charge in [0, 0.05) is 12.6 Å². The van der Waals surface area contributed by atoms with Crippen LogP contribution in [0.3, 0.4) is 0 Å². The molecule has 0 aromatic heterocycles. The second kappa shape index (κ2) is 6.82. The van der Waals surface area contributed by atoms with E-state index in [9.17, 15) is 18.0 Å². The molecular formula is C22H28F3NO. The Bertz CT molecular complexity index is 689. The van der Waals surface area contributed by atoms with Crippen LogP contribution in [0.1, 0.15) is 72.9 Å². The minimum Gasteiger partial charge on any atom is -0.355 e. The van der Waals surface area contributed by atoms with E-state index in [1.54, 1.807) is 0 Å². The van der Waals surface area contributed by atoms with Crippen molar-refractivity contribution in [3.8, 4) is 0 Å². The van der Waals surface area contributed by atoms with Crippen LogP contribution in [-0.2, 0) is 12.6 Å². The van der Waals surface area contributed by atoms with Gasteiger partial charge in [-0.05, 0) is 98.7 Å². The van der Waals surface area contributed by atoms with Gasteiger partial charge in [0.25, 0.3) is 5.91 Å². The maximum atomic E-state index is 13.5. The third kappa shape index (κ3) is 3.74. The lowest BCUT2D eigenvalue weighted by Gasteiger charge is -2.57. The van der Waals surface area contributed by atoms with Crippen LogP contribution in [0.4, 0.5) is 13.2 Å². The maximum absolute atomic E-state index is 13.5. The summed E-state index contributed by atoms with van der Waals surface area (Å²) in [5, 5.41) is 2.39. The van der Waals surface area contributed by atoms with E-state index in [0.29, 0.717) is 17.4 Å². The highest BCUT2D eigenvalue weighted by atomic mass is 19.4. The molecule has 0 unspecified atom stereocenters. The fourth-order valence-corrected chi connectivity index (χ4v) is 6.59. The highest BCUT2D eigenvalue weighted by Crippen LogP contribution is 2.61. The van der Waals surface area contributed by atoms with Crippen molar-refractivity contribution < 1.29 is 18.0 Å². The van der Waals surface area contributed by atoms with Gasteiger partial charge >= 0.3 is 6.18 Å². The predicted octanol–water partition coefficient (Wildman–Crippen LogP) is 5.60. The van der Waals surface area contributed by atoms with Crippen molar-refractivity contribution in [1.29, 1.82) is 0 Å². The van der Waals surface area contributed by atoms with E-state index in [-0.39, 0.29) is 5.56 Å². The van der Waals surface area contributed by atoms with Crippen LogP contribution < -0.4 is 5.32 Å². The molecule has 4 fully saturated rings. The van der Waals surface area contributed by atoms with Crippen molar-refractivity contribution in [2.24, 2.45) is 23.2 Å². The number of nitrogens with one attached hydrogen (secondary N) is 1. The largest absolute Gasteiger partial charge is 0.416 e. The zero-order valence-corrected chi connectivity index (χ0v) is 15.9. The Kier molecular flexibility index (Phi) is 4.76. The zero-order chi connectivity index (χ0) is 19.2. The lowest BCUT2D eigenvalue weighted by atomic mass is 9.48. The van der Waals surface area contributed by atoms with Crippen molar-refractivity contribution in [3.63, 3.8) is 0 Å². The molecule has 5 rings (SSSR count). The van der Waals surface area contributed by atoms with Crippen LogP contribution in [0.15, 0.2) is 18.2 Å². The van der Waals surface area contributed by atoms with E-state index in [2.05, 4.69) is 5.32 Å². The number of alkyl halides is 3. The average molecular weight is 379 g/mol. The second-order valence-electron chi connectivity index (χ2n) is 9.22. The van der Waals surface area contributed by atoms with Crippen molar-refractivity contribution >= 4 is 5.91 Å². The van der Waals surface area contributed by atoms with E-state index in [1.807, 2.05) is 0 Å². The summed E-state index contributed by atoms with van der Waals surface area (Å²) >= 11 is 0. The maximum Gasteiger partial charge on any atom is 0.416 e. The van der Waals surface area contributed by atoms with Crippen molar-refractivity contribution in [2.45, 2.75) is 64.0 Å². The topological polar surface area (TPSA) is 29.1 Å². The molecule has 4 saturated carbocycles. The molecule has 0 saturated heterocycles. The van der Waals surface area contributed by atoms with Gasteiger partial charge in [-0.15, -0.1) is 0 Å². The molecule has 1 N–H and O–H groups in total. The summed E-state index contributed by atoms with van der Waals surface area (Å²) in [5.41, 5.74) is 0.124. The van der Waals surface area contributed by atoms with Gasteiger partial charge in [-0.3, -0.25) is 4.79 Å². The van der Waals surface area contributed by atoms with Crippen molar-refractivity contribution in [1.82, 2.24) is 5.32 Å². The molecule has 0 atom stereocenters. The van der Waals surface area contributed by atoms with Gasteiger partial charge in [0.05, 0.1) is 5.56 Å². The SMILES string of the molecule is CNC(=O)c1ccc(CCCC23CC4CC(CC(C4)C2)C3)c(C(F)(F)F)c1. The first-order valence-electron chi connectivity index (χ1n) is 10.2. The van der Waals surface area contributed by atoms with E-state index >= 15 is 0 Å². The molecule has 0 radical (unpaired) electrons. The smallest absolute Gasteiger partial charge is 0.355 e. The zero-order valence-electron chi connectivity index (χ0n) is 15.9. The molecule has 0 aliphatic heterocycles. The number of halogens is 3. The predicted molar refractivity (Wildman–Crippen MR) is 98.4 cm³/mol. The molecule has 0 heterocycles. The Morgan fingerprint density at radius 2 is 1.70 bits per heavy atom. The van der Waals surface area contributed by atoms with Gasteiger partial charge in [-0.1, -0.05) is 6.07 Å². The van der Waals surface area contributed by atoms with E-state index in [4.69, 9.17) is 0 Å². The Morgan fingerprint density at radius 1 is 1.11 bits per heavy atom. The molecular weight excluding hydrogens is 351 g/mol. The molecule has 1 aromatic rings. The molecule has 2 nitrogen and oxygen atoms in total. The van der Waals surface area contributed by atoms with Gasteiger partial charge in [-0.25, -0.2) is 0 Å². The van der Waals surface area contributed by atoms with Crippen LogP contribution in [0, 0.1) is 23.2 Å². The number of carbonyl (C=O) groups is 1. The number of benzene rings is 1. The number of hydrogen-bond donors (Lipinski definition) is 1. The van der Waals surface area contributed by atoms with E-state index in [0.717, 1.165) is 36.7 Å². The standard InChI is InChI=1S/C22H28F3NO/c1-26-20(27)18-5-4-17(19(10-18)22(23,24)25)3-2-6-21-11-14-7-15(12-21)9-16(8-14)13-21/h4-5,10,14-16H,2-3,6-9,11-13H2,1H3,(H,26,27). The average Bonchev–Trinajstić information content (AvgIpc) is 2.59. The molecule has 148 valence electrons. The van der Waals surface area contributed by atoms with E-state index < -0.39 is 17.6 Å². The normalized spacial score (nSPS) is 31.9. The first-order valence-corrected chi connectivity index (χ1v) is 10.2. The molecule has 4 aliphatic carbocycles. The van der Waals surface area contributed by atoms with Crippen LogP contribution in [0.5, 0.6) is 0 Å². The summed E-state index contributed by atoms with van der Waals surface area (Å²) in [5.74, 6) is 2.12. The summed E-state index contributed by atoms with van der Waals surface area (Å²) in [4.78, 5) is 11.7. The van der Waals surface area contributed by atoms with Crippen LogP contribution in [0.2, 0.25) is 0 Å². The first kappa shape index (κ1) is 18.8. The van der Waals surface area contributed by atoms with Crippen LogP contribution in [-0.4, -0.2) is 13.0 Å². The fourth-order valence-electron chi connectivity index (χ4n) is 6.59. The summed E-state index contributed by atoms with van der Waals surface area (Å²) in [6, 6.07) is 4.00. The number of amides is 1. The number of rotatable bonds is 5. The van der Waals surface area contributed by atoms with Gasteiger partial charge in [-0.2, -0.15) is 13.2 Å². The monoisotopic (exact) mass is 379 g/mol. The number of hydrogen-bond acceptors (Lipinski definition) is 1. The van der Waals surface area contributed by atoms with Gasteiger partial charge in [0.15, 0.2) is 0 Å². The number of aryl methyl sites for hydroxylation is 1. The van der Waals surface area contributed by atoms with Crippen LogP contribution in [0.25, 0.3) is 0 Å². The molecule has 1 aromatic carbocycles. The first-order chi connectivity index (χ1) is 12.8. The molecule has 4 bridgehead atoms. The lowest BCUT2D eigenvalue weighted by molar-refractivity contribution is -0.138. The number of carbonyl (C=O) groups excluding carboxylic acids is 1. The van der Waals surface area contributed by atoms with E-state index in [1.165, 1.54) is 57.7 Å². The Hall–Kier alpha value is -1.52. The minimum atomic E-state index is -4.43. The summed E-state index contributed by atoms with van der Waals surface area (Å²) < 4.78 is 40.5. The second-order valence-corrected chi connectivity index (χ2v) is 9.22. The Morgan fingerprint density at radius 3 is 2.22 bits per heavy atom. The summed E-state index contributed by atoms with van der Waals surface area (Å²) in [6.07, 6.45) is 5.89. The Balaban J connectivity index is 1.46. The molecule has 4 aliphatic rings. The van der Waals surface area contributed by atoms with Crippen molar-refractivity contribution in [3.05, 3.63) is 34.9 Å². The highest BCUT2D eigenvalue weighted by Gasteiger charge is 2.50. The Labute approximate surface area is 158 Å². The molecule has 5 heteroatoms. The highest BCUT2D eigenvalue weighted by molar-refractivity contribution is 5.94.